The van der Waals surface area contributed by atoms with E-state index in [1.165, 1.54) is 16.8 Å². The second-order valence-corrected chi connectivity index (χ2v) is 4.74. The standard InChI is InChI=1S/C12H20N2O5/c1-4-19-10(15)7-13(3)12(18)14-5-9(6-14)8(2)11(16)17/h8-9H,4-7H2,1-3H3,(H,16,17). The number of ether oxygens (including phenoxy) is 1. The van der Waals surface area contributed by atoms with E-state index in [2.05, 4.69) is 0 Å². The highest BCUT2D eigenvalue weighted by Gasteiger charge is 2.38. The number of likely N-dealkylation sites (N-methyl/N-ethyl adjacent to an activating group) is 1. The lowest BCUT2D eigenvalue weighted by Crippen LogP contribution is -2.57. The van der Waals surface area contributed by atoms with Crippen molar-refractivity contribution in [2.75, 3.05) is 33.3 Å². The van der Waals surface area contributed by atoms with Crippen molar-refractivity contribution in [2.45, 2.75) is 13.8 Å². The Balaban J connectivity index is 2.36. The predicted molar refractivity (Wildman–Crippen MR) is 66.5 cm³/mol. The van der Waals surface area contributed by atoms with Crippen molar-refractivity contribution in [3.63, 3.8) is 0 Å². The first kappa shape index (κ1) is 15.3. The third-order valence-electron chi connectivity index (χ3n) is 3.28. The Morgan fingerprint density at radius 1 is 1.42 bits per heavy atom. The summed E-state index contributed by atoms with van der Waals surface area (Å²) in [4.78, 5) is 36.7. The normalized spacial score (nSPS) is 16.5. The van der Waals surface area contributed by atoms with Crippen LogP contribution in [0.3, 0.4) is 0 Å². The molecule has 1 rings (SSSR count). The molecule has 1 saturated heterocycles. The van der Waals surface area contributed by atoms with E-state index in [0.29, 0.717) is 13.1 Å². The molecule has 1 fully saturated rings. The van der Waals surface area contributed by atoms with Crippen molar-refractivity contribution in [3.8, 4) is 0 Å². The minimum Gasteiger partial charge on any atom is -0.481 e. The van der Waals surface area contributed by atoms with E-state index < -0.39 is 17.9 Å². The van der Waals surface area contributed by atoms with Gasteiger partial charge in [-0.05, 0) is 6.92 Å². The molecule has 0 radical (unpaired) electrons. The van der Waals surface area contributed by atoms with Crippen LogP contribution in [0.15, 0.2) is 0 Å². The van der Waals surface area contributed by atoms with Gasteiger partial charge in [0, 0.05) is 26.1 Å². The van der Waals surface area contributed by atoms with Crippen LogP contribution in [-0.2, 0) is 14.3 Å². The third kappa shape index (κ3) is 3.84. The lowest BCUT2D eigenvalue weighted by molar-refractivity contribution is -0.144. The molecule has 1 atom stereocenters. The van der Waals surface area contributed by atoms with Crippen molar-refractivity contribution in [2.24, 2.45) is 11.8 Å². The Hall–Kier alpha value is -1.79. The highest BCUT2D eigenvalue weighted by molar-refractivity contribution is 5.81. The number of carbonyl (C=O) groups is 3. The van der Waals surface area contributed by atoms with Gasteiger partial charge in [-0.1, -0.05) is 6.92 Å². The van der Waals surface area contributed by atoms with Gasteiger partial charge in [-0.15, -0.1) is 0 Å². The number of urea groups is 1. The number of aliphatic carboxylic acids is 1. The molecule has 7 heteroatoms. The zero-order chi connectivity index (χ0) is 14.6. The maximum absolute atomic E-state index is 11.9. The Morgan fingerprint density at radius 3 is 2.47 bits per heavy atom. The van der Waals surface area contributed by atoms with Gasteiger partial charge in [0.2, 0.25) is 0 Å². The average molecular weight is 272 g/mol. The molecule has 1 aliphatic rings. The molecule has 1 aliphatic heterocycles. The molecule has 2 amide bonds. The largest absolute Gasteiger partial charge is 0.481 e. The highest BCUT2D eigenvalue weighted by Crippen LogP contribution is 2.24. The van der Waals surface area contributed by atoms with Gasteiger partial charge < -0.3 is 19.6 Å². The van der Waals surface area contributed by atoms with E-state index in [9.17, 15) is 14.4 Å². The molecule has 0 spiro atoms. The maximum Gasteiger partial charge on any atom is 0.325 e. The molecule has 0 aromatic rings. The topological polar surface area (TPSA) is 87.2 Å². The lowest BCUT2D eigenvalue weighted by atomic mass is 9.87. The number of carboxylic acids is 1. The number of carboxylic acid groups (broad SMARTS) is 1. The molecule has 1 heterocycles. The molecule has 1 N–H and O–H groups in total. The summed E-state index contributed by atoms with van der Waals surface area (Å²) >= 11 is 0. The van der Waals surface area contributed by atoms with Crippen LogP contribution in [0.25, 0.3) is 0 Å². The van der Waals surface area contributed by atoms with Crippen LogP contribution in [-0.4, -0.2) is 66.2 Å². The van der Waals surface area contributed by atoms with E-state index in [1.54, 1.807) is 13.8 Å². The first-order chi connectivity index (χ1) is 8.86. The second-order valence-electron chi connectivity index (χ2n) is 4.74. The summed E-state index contributed by atoms with van der Waals surface area (Å²) < 4.78 is 4.76. The summed E-state index contributed by atoms with van der Waals surface area (Å²) in [5.41, 5.74) is 0. The Labute approximate surface area is 112 Å². The molecule has 19 heavy (non-hydrogen) atoms. The summed E-state index contributed by atoms with van der Waals surface area (Å²) in [6.07, 6.45) is 0. The second kappa shape index (κ2) is 6.40. The van der Waals surface area contributed by atoms with Crippen molar-refractivity contribution < 1.29 is 24.2 Å². The fraction of sp³-hybridized carbons (Fsp3) is 0.750. The van der Waals surface area contributed by atoms with Crippen LogP contribution in [0.4, 0.5) is 4.79 Å². The maximum atomic E-state index is 11.9. The highest BCUT2D eigenvalue weighted by atomic mass is 16.5. The summed E-state index contributed by atoms with van der Waals surface area (Å²) in [5.74, 6) is -1.77. The van der Waals surface area contributed by atoms with Crippen molar-refractivity contribution in [1.29, 1.82) is 0 Å². The van der Waals surface area contributed by atoms with Gasteiger partial charge in [-0.25, -0.2) is 4.79 Å². The SMILES string of the molecule is CCOC(=O)CN(C)C(=O)N1CC(C(C)C(=O)O)C1. The predicted octanol–water partition coefficient (Wildman–Crippen LogP) is 0.254. The van der Waals surface area contributed by atoms with Crippen molar-refractivity contribution in [1.82, 2.24) is 9.80 Å². The van der Waals surface area contributed by atoms with Crippen molar-refractivity contribution in [3.05, 3.63) is 0 Å². The number of esters is 1. The van der Waals surface area contributed by atoms with E-state index in [0.717, 1.165) is 0 Å². The van der Waals surface area contributed by atoms with E-state index in [-0.39, 0.29) is 25.1 Å². The van der Waals surface area contributed by atoms with Crippen LogP contribution in [0, 0.1) is 11.8 Å². The third-order valence-corrected chi connectivity index (χ3v) is 3.28. The molecule has 7 nitrogen and oxygen atoms in total. The number of amides is 2. The monoisotopic (exact) mass is 272 g/mol. The van der Waals surface area contributed by atoms with Gasteiger partial charge in [0.25, 0.3) is 0 Å². The number of hydrogen-bond donors (Lipinski definition) is 1. The van der Waals surface area contributed by atoms with E-state index in [4.69, 9.17) is 9.84 Å². The molecule has 0 aromatic heterocycles. The molecule has 0 saturated carbocycles. The van der Waals surface area contributed by atoms with Crippen LogP contribution >= 0.6 is 0 Å². The number of rotatable bonds is 5. The summed E-state index contributed by atoms with van der Waals surface area (Å²) in [6, 6.07) is -0.276. The molecule has 0 aromatic carbocycles. The smallest absolute Gasteiger partial charge is 0.325 e. The molecular weight excluding hydrogens is 252 g/mol. The number of carbonyl (C=O) groups excluding carboxylic acids is 2. The summed E-state index contributed by atoms with van der Waals surface area (Å²) in [5, 5.41) is 8.85. The zero-order valence-corrected chi connectivity index (χ0v) is 11.5. The Kier molecular flexibility index (Phi) is 5.14. The van der Waals surface area contributed by atoms with Gasteiger partial charge in [0.1, 0.15) is 6.54 Å². The average Bonchev–Trinajstić information content (AvgIpc) is 2.26. The van der Waals surface area contributed by atoms with E-state index in [1.807, 2.05) is 0 Å². The van der Waals surface area contributed by atoms with Crippen LogP contribution < -0.4 is 0 Å². The van der Waals surface area contributed by atoms with Gasteiger partial charge in [0.05, 0.1) is 12.5 Å². The quantitative estimate of drug-likeness (QED) is 0.725. The van der Waals surface area contributed by atoms with Crippen LogP contribution in [0.2, 0.25) is 0 Å². The van der Waals surface area contributed by atoms with Crippen molar-refractivity contribution >= 4 is 18.0 Å². The van der Waals surface area contributed by atoms with E-state index >= 15 is 0 Å². The number of hydrogen-bond acceptors (Lipinski definition) is 4. The fourth-order valence-electron chi connectivity index (χ4n) is 1.90. The minimum absolute atomic E-state index is 0.0163. The van der Waals surface area contributed by atoms with Gasteiger partial charge in [0.15, 0.2) is 0 Å². The first-order valence-corrected chi connectivity index (χ1v) is 6.25. The Bertz CT molecular complexity index is 365. The van der Waals surface area contributed by atoms with Gasteiger partial charge >= 0.3 is 18.0 Å². The fourth-order valence-corrected chi connectivity index (χ4v) is 1.90. The summed E-state index contributed by atoms with van der Waals surface area (Å²) in [6.45, 7) is 4.36. The molecule has 0 bridgehead atoms. The zero-order valence-electron chi connectivity index (χ0n) is 11.5. The van der Waals surface area contributed by atoms with Crippen LogP contribution in [0.1, 0.15) is 13.8 Å². The molecule has 1 unspecified atom stereocenters. The molecule has 108 valence electrons. The minimum atomic E-state index is -0.850. The molecular formula is C12H20N2O5. The Morgan fingerprint density at radius 2 is 2.00 bits per heavy atom. The number of likely N-dealkylation sites (tertiary alicyclic amines) is 1. The van der Waals surface area contributed by atoms with Gasteiger partial charge in [-0.3, -0.25) is 9.59 Å². The lowest BCUT2D eigenvalue weighted by Gasteiger charge is -2.42. The summed E-state index contributed by atoms with van der Waals surface area (Å²) in [7, 11) is 1.52. The molecule has 0 aliphatic carbocycles. The van der Waals surface area contributed by atoms with Gasteiger partial charge in [-0.2, -0.15) is 0 Å². The first-order valence-electron chi connectivity index (χ1n) is 6.25. The van der Waals surface area contributed by atoms with Crippen LogP contribution in [0.5, 0.6) is 0 Å². The number of nitrogens with zero attached hydrogens (tertiary/aromatic N) is 2.